The third-order valence-corrected chi connectivity index (χ3v) is 11.0. The quantitative estimate of drug-likeness (QED) is 0.180. The number of para-hydroxylation sites is 3. The molecule has 0 aliphatic heterocycles. The Labute approximate surface area is 296 Å². The van der Waals surface area contributed by atoms with Gasteiger partial charge in [0.15, 0.2) is 0 Å². The minimum absolute atomic E-state index is 0.256. The van der Waals surface area contributed by atoms with Crippen molar-refractivity contribution in [3.63, 3.8) is 0 Å². The van der Waals surface area contributed by atoms with E-state index in [9.17, 15) is 0 Å². The zero-order valence-electron chi connectivity index (χ0n) is 27.9. The molecule has 2 aromatic heterocycles. The molecule has 11 rings (SSSR count). The summed E-state index contributed by atoms with van der Waals surface area (Å²) < 4.78 is 4.82. The van der Waals surface area contributed by atoms with E-state index in [0.29, 0.717) is 0 Å². The predicted octanol–water partition coefficient (Wildman–Crippen LogP) is 12.7. The Bertz CT molecular complexity index is 2960. The zero-order valence-corrected chi connectivity index (χ0v) is 27.9. The summed E-state index contributed by atoms with van der Waals surface area (Å²) in [5.41, 5.74) is 16.4. The molecule has 51 heavy (non-hydrogen) atoms. The molecule has 2 heterocycles. The molecule has 0 N–H and O–H groups in total. The topological polar surface area (TPSA) is 9.86 Å². The molecule has 0 fully saturated rings. The maximum absolute atomic E-state index is 2.44. The van der Waals surface area contributed by atoms with E-state index in [1.165, 1.54) is 93.9 Å². The summed E-state index contributed by atoms with van der Waals surface area (Å²) in [5, 5.41) is 5.03. The van der Waals surface area contributed by atoms with Crippen molar-refractivity contribution in [3.8, 4) is 33.6 Å². The van der Waals surface area contributed by atoms with Crippen molar-refractivity contribution in [2.45, 2.75) is 5.92 Å². The van der Waals surface area contributed by atoms with E-state index in [1.54, 1.807) is 0 Å². The number of nitrogens with zero attached hydrogens (tertiary/aromatic N) is 2. The molecule has 0 radical (unpaired) electrons. The smallest absolute Gasteiger partial charge is 0.0542 e. The Hall–Kier alpha value is -6.64. The fraction of sp³-hybridized carbons (Fsp3) is 0.0204. The largest absolute Gasteiger partial charge is 0.309 e. The van der Waals surface area contributed by atoms with Crippen molar-refractivity contribution in [2.75, 3.05) is 0 Å². The molecule has 238 valence electrons. The standard InChI is InChI=1S/C49H32N2/c1-3-13-32(14-4-1)49-40-20-8-7-17-37(40)42-29-33(23-26-41(42)49)34-24-27-47-43(30-34)38-18-9-12-22-46(38)51(47)36-25-28-48-44(31-36)39-19-10-11-21-45(39)50(48)35-15-5-2-6-16-35/h1-31,49H. The van der Waals surface area contributed by atoms with Crippen LogP contribution in [0.1, 0.15) is 22.6 Å². The van der Waals surface area contributed by atoms with Crippen molar-refractivity contribution < 1.29 is 0 Å². The molecule has 10 aromatic rings. The first-order valence-corrected chi connectivity index (χ1v) is 17.7. The Morgan fingerprint density at radius 2 is 0.843 bits per heavy atom. The van der Waals surface area contributed by atoms with Crippen LogP contribution >= 0.6 is 0 Å². The summed E-state index contributed by atoms with van der Waals surface area (Å²) in [7, 11) is 0. The first-order valence-electron chi connectivity index (χ1n) is 17.7. The lowest BCUT2D eigenvalue weighted by Crippen LogP contribution is -1.98. The van der Waals surface area contributed by atoms with Gasteiger partial charge in [-0.3, -0.25) is 0 Å². The van der Waals surface area contributed by atoms with Crippen molar-refractivity contribution in [1.29, 1.82) is 0 Å². The molecule has 0 amide bonds. The van der Waals surface area contributed by atoms with Gasteiger partial charge in [0.25, 0.3) is 0 Å². The molecular formula is C49H32N2. The van der Waals surface area contributed by atoms with Crippen LogP contribution in [0.4, 0.5) is 0 Å². The molecule has 1 unspecified atom stereocenters. The highest BCUT2D eigenvalue weighted by atomic mass is 15.0. The molecule has 1 atom stereocenters. The molecule has 0 saturated heterocycles. The van der Waals surface area contributed by atoms with Gasteiger partial charge >= 0.3 is 0 Å². The van der Waals surface area contributed by atoms with E-state index >= 15 is 0 Å². The molecule has 0 spiro atoms. The van der Waals surface area contributed by atoms with Crippen LogP contribution in [0.15, 0.2) is 188 Å². The molecule has 0 saturated carbocycles. The molecular weight excluding hydrogens is 617 g/mol. The minimum Gasteiger partial charge on any atom is -0.309 e. The SMILES string of the molecule is c1ccc(C2c3ccccc3-c3cc(-c4ccc5c(c4)c4ccccc4n5-c4ccc5c(c4)c4ccccc4n5-c4ccccc4)ccc32)cc1. The van der Waals surface area contributed by atoms with Crippen molar-refractivity contribution in [2.24, 2.45) is 0 Å². The van der Waals surface area contributed by atoms with Crippen LogP contribution in [-0.4, -0.2) is 9.13 Å². The lowest BCUT2D eigenvalue weighted by atomic mass is 9.89. The zero-order chi connectivity index (χ0) is 33.5. The van der Waals surface area contributed by atoms with Crippen LogP contribution in [-0.2, 0) is 0 Å². The summed E-state index contributed by atoms with van der Waals surface area (Å²) >= 11 is 0. The van der Waals surface area contributed by atoms with Crippen LogP contribution < -0.4 is 0 Å². The van der Waals surface area contributed by atoms with Gasteiger partial charge in [-0.25, -0.2) is 0 Å². The van der Waals surface area contributed by atoms with E-state index in [0.717, 1.165) is 0 Å². The van der Waals surface area contributed by atoms with Crippen LogP contribution in [0.25, 0.3) is 77.2 Å². The monoisotopic (exact) mass is 648 g/mol. The first-order chi connectivity index (χ1) is 25.3. The lowest BCUT2D eigenvalue weighted by molar-refractivity contribution is 1.02. The lowest BCUT2D eigenvalue weighted by Gasteiger charge is -2.14. The third kappa shape index (κ3) is 4.17. The van der Waals surface area contributed by atoms with Gasteiger partial charge in [0.2, 0.25) is 0 Å². The third-order valence-electron chi connectivity index (χ3n) is 11.0. The van der Waals surface area contributed by atoms with Gasteiger partial charge in [0.05, 0.1) is 22.1 Å². The van der Waals surface area contributed by atoms with Crippen molar-refractivity contribution in [3.05, 3.63) is 205 Å². The second-order valence-corrected chi connectivity index (χ2v) is 13.7. The summed E-state index contributed by atoms with van der Waals surface area (Å²) in [4.78, 5) is 0. The van der Waals surface area contributed by atoms with Crippen molar-refractivity contribution >= 4 is 43.6 Å². The second kappa shape index (κ2) is 10.9. The van der Waals surface area contributed by atoms with Crippen LogP contribution in [0.2, 0.25) is 0 Å². The van der Waals surface area contributed by atoms with Gasteiger partial charge in [-0.2, -0.15) is 0 Å². The van der Waals surface area contributed by atoms with Crippen LogP contribution in [0.3, 0.4) is 0 Å². The van der Waals surface area contributed by atoms with E-state index < -0.39 is 0 Å². The van der Waals surface area contributed by atoms with E-state index in [2.05, 4.69) is 197 Å². The average molecular weight is 649 g/mol. The summed E-state index contributed by atoms with van der Waals surface area (Å²) in [6.45, 7) is 0. The summed E-state index contributed by atoms with van der Waals surface area (Å²) in [6.07, 6.45) is 0. The molecule has 8 aromatic carbocycles. The van der Waals surface area contributed by atoms with Gasteiger partial charge in [-0.1, -0.05) is 127 Å². The van der Waals surface area contributed by atoms with Gasteiger partial charge in [-0.15, -0.1) is 0 Å². The van der Waals surface area contributed by atoms with Gasteiger partial charge < -0.3 is 9.13 Å². The normalized spacial score (nSPS) is 13.7. The number of fused-ring (bicyclic) bond motifs is 9. The number of aromatic nitrogens is 2. The van der Waals surface area contributed by atoms with Crippen LogP contribution in [0, 0.1) is 0 Å². The number of hydrogen-bond acceptors (Lipinski definition) is 0. The molecule has 0 bridgehead atoms. The Morgan fingerprint density at radius 3 is 1.61 bits per heavy atom. The number of hydrogen-bond donors (Lipinski definition) is 0. The highest BCUT2D eigenvalue weighted by Crippen LogP contribution is 2.49. The van der Waals surface area contributed by atoms with Gasteiger partial charge in [0, 0.05) is 38.8 Å². The maximum Gasteiger partial charge on any atom is 0.0542 e. The Kier molecular flexibility index (Phi) is 6.05. The van der Waals surface area contributed by atoms with E-state index in [1.807, 2.05) is 0 Å². The maximum atomic E-state index is 2.44. The fourth-order valence-electron chi connectivity index (χ4n) is 8.77. The van der Waals surface area contributed by atoms with Crippen molar-refractivity contribution in [1.82, 2.24) is 9.13 Å². The first kappa shape index (κ1) is 28.2. The predicted molar refractivity (Wildman–Crippen MR) is 213 cm³/mol. The molecule has 1 aliphatic carbocycles. The minimum atomic E-state index is 0.256. The number of rotatable bonds is 4. The molecule has 1 aliphatic rings. The Balaban J connectivity index is 1.08. The molecule has 2 heteroatoms. The number of benzene rings is 8. The van der Waals surface area contributed by atoms with Gasteiger partial charge in [-0.05, 0) is 99.6 Å². The highest BCUT2D eigenvalue weighted by molar-refractivity contribution is 6.13. The highest BCUT2D eigenvalue weighted by Gasteiger charge is 2.30. The second-order valence-electron chi connectivity index (χ2n) is 13.7. The average Bonchev–Trinajstić information content (AvgIpc) is 3.83. The fourth-order valence-corrected chi connectivity index (χ4v) is 8.77. The van der Waals surface area contributed by atoms with E-state index in [4.69, 9.17) is 0 Å². The van der Waals surface area contributed by atoms with E-state index in [-0.39, 0.29) is 5.92 Å². The van der Waals surface area contributed by atoms with Crippen LogP contribution in [0.5, 0.6) is 0 Å². The molecule has 2 nitrogen and oxygen atoms in total. The summed E-state index contributed by atoms with van der Waals surface area (Å²) in [5.74, 6) is 0.256. The summed E-state index contributed by atoms with van der Waals surface area (Å²) in [6, 6.07) is 69.1. The Morgan fingerprint density at radius 1 is 0.314 bits per heavy atom. The van der Waals surface area contributed by atoms with Gasteiger partial charge in [0.1, 0.15) is 0 Å².